The lowest BCUT2D eigenvalue weighted by Crippen LogP contribution is -2.36. The number of fused-ring (bicyclic) bond motifs is 1. The number of carbonyl (C=O) groups is 2. The number of hydrogen-bond donors (Lipinski definition) is 2. The monoisotopic (exact) mass is 355 g/mol. The van der Waals surface area contributed by atoms with Crippen LogP contribution in [0.5, 0.6) is 0 Å². The molecule has 2 unspecified atom stereocenters. The molecule has 2 amide bonds. The van der Waals surface area contributed by atoms with Crippen molar-refractivity contribution in [2.75, 3.05) is 13.1 Å². The van der Waals surface area contributed by atoms with Gasteiger partial charge in [-0.25, -0.2) is 0 Å². The van der Waals surface area contributed by atoms with Crippen LogP contribution in [0.15, 0.2) is 36.7 Å². The van der Waals surface area contributed by atoms with Gasteiger partial charge in [-0.1, -0.05) is 51.5 Å². The van der Waals surface area contributed by atoms with Gasteiger partial charge in [0.25, 0.3) is 0 Å². The van der Waals surface area contributed by atoms with Crippen LogP contribution in [-0.2, 0) is 16.0 Å². The van der Waals surface area contributed by atoms with Crippen molar-refractivity contribution in [3.05, 3.63) is 42.2 Å². The topological polar surface area (TPSA) is 71.1 Å². The Morgan fingerprint density at radius 3 is 2.42 bits per heavy atom. The van der Waals surface area contributed by atoms with Gasteiger partial charge in [0.1, 0.15) is 0 Å². The zero-order chi connectivity index (χ0) is 18.9. The average molecular weight is 355 g/mol. The molecule has 140 valence electrons. The summed E-state index contributed by atoms with van der Waals surface area (Å²) in [5, 5.41) is 7.99. The van der Waals surface area contributed by atoms with Crippen LogP contribution < -0.4 is 10.6 Å². The zero-order valence-corrected chi connectivity index (χ0v) is 15.9. The van der Waals surface area contributed by atoms with E-state index < -0.39 is 0 Å². The van der Waals surface area contributed by atoms with E-state index >= 15 is 0 Å². The summed E-state index contributed by atoms with van der Waals surface area (Å²) in [5.74, 6) is 0.644. The SMILES string of the molecule is CCC(C)CC(=O)NCC(C)CNC(=O)Cc1cncc2ccccc12. The van der Waals surface area contributed by atoms with Crippen molar-refractivity contribution >= 4 is 22.6 Å². The number of nitrogens with zero attached hydrogens (tertiary/aromatic N) is 1. The largest absolute Gasteiger partial charge is 0.356 e. The zero-order valence-electron chi connectivity index (χ0n) is 15.9. The Morgan fingerprint density at radius 2 is 1.69 bits per heavy atom. The lowest BCUT2D eigenvalue weighted by Gasteiger charge is -2.15. The van der Waals surface area contributed by atoms with E-state index in [1.807, 2.05) is 31.2 Å². The molecule has 0 spiro atoms. The van der Waals surface area contributed by atoms with Crippen LogP contribution in [0.2, 0.25) is 0 Å². The van der Waals surface area contributed by atoms with Crippen LogP contribution in [-0.4, -0.2) is 29.9 Å². The Kier molecular flexibility index (Phi) is 7.57. The second-order valence-electron chi connectivity index (χ2n) is 7.13. The second kappa shape index (κ2) is 9.90. The summed E-state index contributed by atoms with van der Waals surface area (Å²) in [6.07, 6.45) is 5.43. The maximum atomic E-state index is 12.3. The molecule has 0 aliphatic carbocycles. The Morgan fingerprint density at radius 1 is 1.00 bits per heavy atom. The van der Waals surface area contributed by atoms with Crippen LogP contribution in [0, 0.1) is 11.8 Å². The number of benzene rings is 1. The van der Waals surface area contributed by atoms with E-state index in [9.17, 15) is 9.59 Å². The number of aromatic nitrogens is 1. The molecule has 0 aliphatic rings. The van der Waals surface area contributed by atoms with E-state index in [4.69, 9.17) is 0 Å². The summed E-state index contributed by atoms with van der Waals surface area (Å²) >= 11 is 0. The van der Waals surface area contributed by atoms with Crippen LogP contribution >= 0.6 is 0 Å². The van der Waals surface area contributed by atoms with E-state index in [-0.39, 0.29) is 17.7 Å². The number of nitrogens with one attached hydrogen (secondary N) is 2. The predicted octanol–water partition coefficient (Wildman–Crippen LogP) is 3.08. The van der Waals surface area contributed by atoms with Crippen molar-refractivity contribution in [1.29, 1.82) is 0 Å². The third-order valence-electron chi connectivity index (χ3n) is 4.63. The van der Waals surface area contributed by atoms with Crippen molar-refractivity contribution in [3.63, 3.8) is 0 Å². The maximum Gasteiger partial charge on any atom is 0.224 e. The van der Waals surface area contributed by atoms with E-state index in [1.54, 1.807) is 12.4 Å². The van der Waals surface area contributed by atoms with Gasteiger partial charge < -0.3 is 10.6 Å². The molecule has 1 aromatic heterocycles. The van der Waals surface area contributed by atoms with Crippen molar-refractivity contribution in [2.24, 2.45) is 11.8 Å². The van der Waals surface area contributed by atoms with Gasteiger partial charge in [0, 0.05) is 37.3 Å². The van der Waals surface area contributed by atoms with Crippen molar-refractivity contribution < 1.29 is 9.59 Å². The highest BCUT2D eigenvalue weighted by Crippen LogP contribution is 2.17. The highest BCUT2D eigenvalue weighted by Gasteiger charge is 2.11. The van der Waals surface area contributed by atoms with Gasteiger partial charge in [-0.3, -0.25) is 14.6 Å². The number of rotatable bonds is 9. The molecular weight excluding hydrogens is 326 g/mol. The van der Waals surface area contributed by atoms with Crippen molar-refractivity contribution in [1.82, 2.24) is 15.6 Å². The van der Waals surface area contributed by atoms with Gasteiger partial charge in [0.2, 0.25) is 11.8 Å². The molecule has 5 nitrogen and oxygen atoms in total. The summed E-state index contributed by atoms with van der Waals surface area (Å²) in [6, 6.07) is 7.93. The highest BCUT2D eigenvalue weighted by atomic mass is 16.2. The van der Waals surface area contributed by atoms with E-state index in [1.165, 1.54) is 0 Å². The first-order valence-corrected chi connectivity index (χ1v) is 9.34. The van der Waals surface area contributed by atoms with Crippen molar-refractivity contribution in [3.8, 4) is 0 Å². The quantitative estimate of drug-likeness (QED) is 0.726. The molecule has 2 atom stereocenters. The molecule has 0 bridgehead atoms. The minimum atomic E-state index is -0.0269. The normalized spacial score (nSPS) is 13.2. The van der Waals surface area contributed by atoms with Crippen LogP contribution in [0.3, 0.4) is 0 Å². The van der Waals surface area contributed by atoms with Gasteiger partial charge in [0.15, 0.2) is 0 Å². The number of hydrogen-bond acceptors (Lipinski definition) is 3. The Balaban J connectivity index is 1.77. The maximum absolute atomic E-state index is 12.3. The van der Waals surface area contributed by atoms with E-state index in [2.05, 4.69) is 29.5 Å². The Hall–Kier alpha value is -2.43. The summed E-state index contributed by atoms with van der Waals surface area (Å²) in [6.45, 7) is 7.29. The second-order valence-corrected chi connectivity index (χ2v) is 7.13. The third kappa shape index (κ3) is 6.14. The van der Waals surface area contributed by atoms with Gasteiger partial charge >= 0.3 is 0 Å². The first-order valence-electron chi connectivity index (χ1n) is 9.34. The fourth-order valence-electron chi connectivity index (χ4n) is 2.74. The predicted molar refractivity (Wildman–Crippen MR) is 105 cm³/mol. The van der Waals surface area contributed by atoms with Crippen LogP contribution in [0.1, 0.15) is 39.2 Å². The molecule has 2 aromatic rings. The Labute approximate surface area is 155 Å². The summed E-state index contributed by atoms with van der Waals surface area (Å²) < 4.78 is 0. The highest BCUT2D eigenvalue weighted by molar-refractivity contribution is 5.89. The number of amides is 2. The summed E-state index contributed by atoms with van der Waals surface area (Å²) in [5.41, 5.74) is 0.926. The smallest absolute Gasteiger partial charge is 0.224 e. The molecule has 1 heterocycles. The number of carbonyl (C=O) groups excluding carboxylic acids is 2. The molecule has 0 saturated carbocycles. The lowest BCUT2D eigenvalue weighted by atomic mass is 10.0. The third-order valence-corrected chi connectivity index (χ3v) is 4.63. The molecule has 5 heteroatoms. The minimum Gasteiger partial charge on any atom is -0.356 e. The molecule has 26 heavy (non-hydrogen) atoms. The van der Waals surface area contributed by atoms with Gasteiger partial charge in [-0.15, -0.1) is 0 Å². The molecule has 2 N–H and O–H groups in total. The van der Waals surface area contributed by atoms with Crippen molar-refractivity contribution in [2.45, 2.75) is 40.0 Å². The molecule has 2 rings (SSSR count). The first-order chi connectivity index (χ1) is 12.5. The molecule has 0 fully saturated rings. The van der Waals surface area contributed by atoms with Gasteiger partial charge in [0.05, 0.1) is 6.42 Å². The fourth-order valence-corrected chi connectivity index (χ4v) is 2.74. The summed E-state index contributed by atoms with van der Waals surface area (Å²) in [7, 11) is 0. The summed E-state index contributed by atoms with van der Waals surface area (Å²) in [4.78, 5) is 28.3. The van der Waals surface area contributed by atoms with Gasteiger partial charge in [-0.05, 0) is 22.8 Å². The minimum absolute atomic E-state index is 0.0269. The Bertz CT molecular complexity index is 740. The average Bonchev–Trinajstić information content (AvgIpc) is 2.65. The molecule has 1 aromatic carbocycles. The molecule has 0 saturated heterocycles. The van der Waals surface area contributed by atoms with Gasteiger partial charge in [-0.2, -0.15) is 0 Å². The number of pyridine rings is 1. The first kappa shape index (κ1) is 19.9. The van der Waals surface area contributed by atoms with E-state index in [0.717, 1.165) is 22.8 Å². The molecule has 0 aliphatic heterocycles. The van der Waals surface area contributed by atoms with Crippen LogP contribution in [0.4, 0.5) is 0 Å². The van der Waals surface area contributed by atoms with E-state index in [0.29, 0.717) is 31.8 Å². The standard InChI is InChI=1S/C21H29N3O2/c1-4-15(2)9-20(25)23-11-16(3)12-24-21(26)10-18-14-22-13-17-7-5-6-8-19(17)18/h5-8,13-16H,4,9-12H2,1-3H3,(H,23,25)(H,24,26). The molecular formula is C21H29N3O2. The fraction of sp³-hybridized carbons (Fsp3) is 0.476. The lowest BCUT2D eigenvalue weighted by molar-refractivity contribution is -0.122. The molecule has 0 radical (unpaired) electrons. The van der Waals surface area contributed by atoms with Crippen LogP contribution in [0.25, 0.3) is 10.8 Å².